The van der Waals surface area contributed by atoms with E-state index >= 15 is 0 Å². The first-order valence-electron chi connectivity index (χ1n) is 7.06. The molecule has 0 fully saturated rings. The van der Waals surface area contributed by atoms with E-state index < -0.39 is 11.9 Å². The maximum absolute atomic E-state index is 12.3. The van der Waals surface area contributed by atoms with E-state index in [1.807, 2.05) is 19.9 Å². The third-order valence-corrected chi connectivity index (χ3v) is 3.83. The molecule has 5 nitrogen and oxygen atoms in total. The number of nitrogens with zero attached hydrogens (tertiary/aromatic N) is 1. The van der Waals surface area contributed by atoms with Crippen LogP contribution in [0.3, 0.4) is 0 Å². The zero-order valence-corrected chi connectivity index (χ0v) is 13.8. The summed E-state index contributed by atoms with van der Waals surface area (Å²) in [7, 11) is 1.29. The van der Waals surface area contributed by atoms with Gasteiger partial charge in [0, 0.05) is 10.9 Å². The van der Waals surface area contributed by atoms with Crippen LogP contribution in [0.1, 0.15) is 25.3 Å². The molecule has 1 heterocycles. The predicted molar refractivity (Wildman–Crippen MR) is 86.0 cm³/mol. The van der Waals surface area contributed by atoms with Crippen LogP contribution in [0.2, 0.25) is 5.02 Å². The molecule has 1 aromatic carbocycles. The Morgan fingerprint density at radius 1 is 1.39 bits per heavy atom. The van der Waals surface area contributed by atoms with Gasteiger partial charge in [-0.05, 0) is 17.7 Å². The highest BCUT2D eigenvalue weighted by molar-refractivity contribution is 6.30. The van der Waals surface area contributed by atoms with Gasteiger partial charge in [-0.2, -0.15) is 5.26 Å². The molecule has 120 valence electrons. The monoisotopic (exact) mass is 332 g/mol. The van der Waals surface area contributed by atoms with Gasteiger partial charge in [0.25, 0.3) is 0 Å². The van der Waals surface area contributed by atoms with Gasteiger partial charge in [0.1, 0.15) is 17.4 Å². The van der Waals surface area contributed by atoms with Crippen molar-refractivity contribution in [2.24, 2.45) is 11.7 Å². The molecule has 2 rings (SSSR count). The molecular formula is C17H17ClN2O3. The van der Waals surface area contributed by atoms with Gasteiger partial charge in [-0.1, -0.05) is 37.6 Å². The summed E-state index contributed by atoms with van der Waals surface area (Å²) in [5.41, 5.74) is 7.09. The summed E-state index contributed by atoms with van der Waals surface area (Å²) >= 11 is 5.92. The van der Waals surface area contributed by atoms with Crippen LogP contribution < -0.4 is 5.73 Å². The van der Waals surface area contributed by atoms with E-state index in [1.54, 1.807) is 24.3 Å². The Kier molecular flexibility index (Phi) is 4.97. The number of ether oxygens (including phenoxy) is 2. The molecule has 1 unspecified atom stereocenters. The van der Waals surface area contributed by atoms with Gasteiger partial charge in [0.15, 0.2) is 0 Å². The number of nitriles is 1. The Bertz CT molecular complexity index is 727. The normalized spacial score (nSPS) is 17.8. The van der Waals surface area contributed by atoms with E-state index in [9.17, 15) is 10.1 Å². The fourth-order valence-electron chi connectivity index (χ4n) is 2.52. The number of halogens is 1. The lowest BCUT2D eigenvalue weighted by Gasteiger charge is -2.29. The first-order chi connectivity index (χ1) is 10.9. The molecule has 1 atom stereocenters. The molecular weight excluding hydrogens is 316 g/mol. The SMILES string of the molecule is COC(=O)C1=C(C(C)C)OC(N)=C(C#N)C1c1ccc(Cl)cc1. The minimum atomic E-state index is -0.643. The van der Waals surface area contributed by atoms with E-state index in [2.05, 4.69) is 0 Å². The summed E-state index contributed by atoms with van der Waals surface area (Å²) < 4.78 is 10.4. The summed E-state index contributed by atoms with van der Waals surface area (Å²) in [6, 6.07) is 8.94. The number of carbonyl (C=O) groups excluding carboxylic acids is 1. The van der Waals surface area contributed by atoms with Gasteiger partial charge >= 0.3 is 5.97 Å². The number of esters is 1. The molecule has 1 aliphatic heterocycles. The Morgan fingerprint density at radius 2 is 2.00 bits per heavy atom. The average Bonchev–Trinajstić information content (AvgIpc) is 2.53. The van der Waals surface area contributed by atoms with E-state index in [0.717, 1.165) is 5.56 Å². The summed E-state index contributed by atoms with van der Waals surface area (Å²) in [4.78, 5) is 12.3. The number of hydrogen-bond donors (Lipinski definition) is 1. The molecule has 1 aliphatic rings. The van der Waals surface area contributed by atoms with Crippen molar-refractivity contribution < 1.29 is 14.3 Å². The first-order valence-corrected chi connectivity index (χ1v) is 7.43. The van der Waals surface area contributed by atoms with Crippen LogP contribution in [0.5, 0.6) is 0 Å². The molecule has 0 bridgehead atoms. The van der Waals surface area contributed by atoms with Gasteiger partial charge in [-0.15, -0.1) is 0 Å². The second kappa shape index (κ2) is 6.76. The van der Waals surface area contributed by atoms with E-state index in [1.165, 1.54) is 7.11 Å². The lowest BCUT2D eigenvalue weighted by molar-refractivity contribution is -0.136. The molecule has 0 spiro atoms. The number of methoxy groups -OCH3 is 1. The van der Waals surface area contributed by atoms with Crippen molar-refractivity contribution in [2.75, 3.05) is 7.11 Å². The number of hydrogen-bond acceptors (Lipinski definition) is 5. The third kappa shape index (κ3) is 3.17. The van der Waals surface area contributed by atoms with Crippen LogP contribution in [0.4, 0.5) is 0 Å². The summed E-state index contributed by atoms with van der Waals surface area (Å²) in [6.45, 7) is 3.75. The van der Waals surface area contributed by atoms with Crippen molar-refractivity contribution in [1.29, 1.82) is 5.26 Å². The Balaban J connectivity index is 2.71. The Labute approximate surface area is 139 Å². The fraction of sp³-hybridized carbons (Fsp3) is 0.294. The van der Waals surface area contributed by atoms with Crippen molar-refractivity contribution >= 4 is 17.6 Å². The van der Waals surface area contributed by atoms with Crippen molar-refractivity contribution in [3.05, 3.63) is 57.6 Å². The summed E-state index contributed by atoms with van der Waals surface area (Å²) in [6.07, 6.45) is 0. The third-order valence-electron chi connectivity index (χ3n) is 3.58. The minimum Gasteiger partial charge on any atom is -0.466 e. The highest BCUT2D eigenvalue weighted by atomic mass is 35.5. The largest absolute Gasteiger partial charge is 0.466 e. The average molecular weight is 333 g/mol. The molecule has 0 aromatic heterocycles. The minimum absolute atomic E-state index is 0.00352. The van der Waals surface area contributed by atoms with Crippen molar-refractivity contribution in [2.45, 2.75) is 19.8 Å². The van der Waals surface area contributed by atoms with Crippen LogP contribution >= 0.6 is 11.6 Å². The molecule has 23 heavy (non-hydrogen) atoms. The van der Waals surface area contributed by atoms with E-state index in [4.69, 9.17) is 26.8 Å². The van der Waals surface area contributed by atoms with E-state index in [0.29, 0.717) is 10.8 Å². The van der Waals surface area contributed by atoms with Crippen LogP contribution in [-0.2, 0) is 14.3 Å². The Hall–Kier alpha value is -2.45. The van der Waals surface area contributed by atoms with Crippen molar-refractivity contribution in [3.63, 3.8) is 0 Å². The van der Waals surface area contributed by atoms with Crippen LogP contribution in [0.25, 0.3) is 0 Å². The molecule has 0 saturated carbocycles. The second-order valence-corrected chi connectivity index (χ2v) is 5.84. The van der Waals surface area contributed by atoms with Crippen molar-refractivity contribution in [1.82, 2.24) is 0 Å². The highest BCUT2D eigenvalue weighted by Crippen LogP contribution is 2.41. The molecule has 2 N–H and O–H groups in total. The summed E-state index contributed by atoms with van der Waals surface area (Å²) in [5, 5.41) is 10.0. The summed E-state index contributed by atoms with van der Waals surface area (Å²) in [5.74, 6) is -0.875. The number of rotatable bonds is 3. The fourth-order valence-corrected chi connectivity index (χ4v) is 2.65. The lowest BCUT2D eigenvalue weighted by atomic mass is 9.81. The van der Waals surface area contributed by atoms with Crippen LogP contribution in [-0.4, -0.2) is 13.1 Å². The zero-order valence-electron chi connectivity index (χ0n) is 13.1. The number of allylic oxidation sites excluding steroid dienone is 2. The van der Waals surface area contributed by atoms with Crippen LogP contribution in [0.15, 0.2) is 47.1 Å². The maximum Gasteiger partial charge on any atom is 0.338 e. The quantitative estimate of drug-likeness (QED) is 0.859. The maximum atomic E-state index is 12.3. The predicted octanol–water partition coefficient (Wildman–Crippen LogP) is 3.23. The smallest absolute Gasteiger partial charge is 0.338 e. The first kappa shape index (κ1) is 16.9. The highest BCUT2D eigenvalue weighted by Gasteiger charge is 2.38. The Morgan fingerprint density at radius 3 is 2.48 bits per heavy atom. The van der Waals surface area contributed by atoms with Gasteiger partial charge in [-0.25, -0.2) is 4.79 Å². The molecule has 0 aliphatic carbocycles. The second-order valence-electron chi connectivity index (χ2n) is 5.40. The van der Waals surface area contributed by atoms with Gasteiger partial charge in [-0.3, -0.25) is 0 Å². The molecule has 0 radical (unpaired) electrons. The molecule has 6 heteroatoms. The lowest BCUT2D eigenvalue weighted by Crippen LogP contribution is -2.27. The van der Waals surface area contributed by atoms with Gasteiger partial charge in [0.05, 0.1) is 18.6 Å². The zero-order chi connectivity index (χ0) is 17.1. The number of carbonyl (C=O) groups is 1. The van der Waals surface area contributed by atoms with Crippen molar-refractivity contribution in [3.8, 4) is 6.07 Å². The van der Waals surface area contributed by atoms with Crippen LogP contribution in [0, 0.1) is 17.2 Å². The van der Waals surface area contributed by atoms with Gasteiger partial charge < -0.3 is 15.2 Å². The number of nitrogens with two attached hydrogens (primary N) is 1. The standard InChI is InChI=1S/C17H17ClN2O3/c1-9(2)15-14(17(21)22-3)13(12(8-19)16(20)23-15)10-4-6-11(18)7-5-10/h4-7,9,13H,20H2,1-3H3. The molecule has 1 aromatic rings. The topological polar surface area (TPSA) is 85.3 Å². The van der Waals surface area contributed by atoms with E-state index in [-0.39, 0.29) is 22.9 Å². The van der Waals surface area contributed by atoms with Gasteiger partial charge in [0.2, 0.25) is 5.88 Å². The molecule has 0 amide bonds. The molecule has 0 saturated heterocycles. The number of benzene rings is 1.